The molecule has 5 rings (SSSR count). The minimum atomic E-state index is -1.12. The van der Waals surface area contributed by atoms with E-state index in [1.165, 1.54) is 27.8 Å². The minimum Gasteiger partial charge on any atom is -0.377 e. The van der Waals surface area contributed by atoms with Crippen molar-refractivity contribution in [1.82, 2.24) is 30.1 Å². The van der Waals surface area contributed by atoms with Crippen molar-refractivity contribution in [2.24, 2.45) is 0 Å². The molecule has 1 aromatic carbocycles. The number of hydrogen-bond acceptors (Lipinski definition) is 7. The number of fused-ring (bicyclic) bond motifs is 1. The molecule has 0 saturated carbocycles. The molecule has 0 bridgehead atoms. The first-order chi connectivity index (χ1) is 16.4. The lowest BCUT2D eigenvalue weighted by atomic mass is 10.0. The number of alkyl halides is 1. The van der Waals surface area contributed by atoms with Gasteiger partial charge in [-0.2, -0.15) is 0 Å². The third-order valence-electron chi connectivity index (χ3n) is 6.56. The van der Waals surface area contributed by atoms with Crippen LogP contribution in [0, 0.1) is 0 Å². The molecule has 34 heavy (non-hydrogen) atoms. The maximum atomic E-state index is 13.9. The molecule has 2 aromatic rings. The molecule has 4 amide bonds. The van der Waals surface area contributed by atoms with Crippen LogP contribution in [0.2, 0.25) is 0 Å². The Morgan fingerprint density at radius 3 is 2.82 bits per heavy atom. The molecular weight excluding hydrogens is 447 g/mol. The average molecular weight is 470 g/mol. The number of halogens is 1. The van der Waals surface area contributed by atoms with Gasteiger partial charge in [0.25, 0.3) is 11.8 Å². The second-order valence-electron chi connectivity index (χ2n) is 8.62. The van der Waals surface area contributed by atoms with Gasteiger partial charge < -0.3 is 14.5 Å². The Kier molecular flexibility index (Phi) is 5.60. The molecule has 3 aliphatic heterocycles. The molecule has 0 spiro atoms. The molecule has 2 saturated heterocycles. The molecule has 0 aliphatic carbocycles. The van der Waals surface area contributed by atoms with E-state index < -0.39 is 24.2 Å². The second kappa shape index (κ2) is 8.60. The summed E-state index contributed by atoms with van der Waals surface area (Å²) in [5.41, 5.74) is 1.82. The van der Waals surface area contributed by atoms with Crippen LogP contribution in [0.15, 0.2) is 24.4 Å². The number of likely N-dealkylation sites (tertiary alicyclic amines) is 1. The lowest BCUT2D eigenvalue weighted by molar-refractivity contribution is -0.136. The number of nitrogens with one attached hydrogen (secondary N) is 1. The highest BCUT2D eigenvalue weighted by atomic mass is 19.1. The molecule has 11 nitrogen and oxygen atoms in total. The maximum Gasteiger partial charge on any atom is 0.276 e. The van der Waals surface area contributed by atoms with E-state index in [9.17, 15) is 23.6 Å². The van der Waals surface area contributed by atoms with Gasteiger partial charge in [0.1, 0.15) is 18.3 Å². The molecule has 0 radical (unpaired) electrons. The van der Waals surface area contributed by atoms with Crippen LogP contribution < -0.4 is 5.32 Å². The number of nitrogens with zero attached hydrogens (tertiary/aromatic N) is 5. The van der Waals surface area contributed by atoms with Gasteiger partial charge >= 0.3 is 0 Å². The van der Waals surface area contributed by atoms with Crippen LogP contribution in [-0.2, 0) is 20.9 Å². The maximum absolute atomic E-state index is 13.9. The zero-order chi connectivity index (χ0) is 24.0. The standard InChI is InChI=1S/C22H23FN6O5/c1-34-18-11-27(7-6-15(18)23)22(33)16-10-29(26-25-16)13-3-2-12-9-28(21(32)14(12)8-13)17-4-5-19(30)24-20(17)31/h2-3,8,10,15,17-18H,4-7,9,11H2,1H3,(H,24,30,31)/t15-,17?,18-/m1/s1. The number of benzene rings is 1. The number of carbonyl (C=O) groups excluding carboxylic acids is 4. The van der Waals surface area contributed by atoms with Crippen LogP contribution in [0.1, 0.15) is 45.7 Å². The number of piperidine rings is 2. The minimum absolute atomic E-state index is 0.101. The van der Waals surface area contributed by atoms with Crippen molar-refractivity contribution in [2.45, 2.75) is 44.1 Å². The zero-order valence-corrected chi connectivity index (χ0v) is 18.4. The fraction of sp³-hybridized carbons (Fsp3) is 0.455. The van der Waals surface area contributed by atoms with Crippen LogP contribution in [0.4, 0.5) is 4.39 Å². The summed E-state index contributed by atoms with van der Waals surface area (Å²) in [5, 5.41) is 10.3. The summed E-state index contributed by atoms with van der Waals surface area (Å²) in [6, 6.07) is 4.47. The number of rotatable bonds is 4. The summed E-state index contributed by atoms with van der Waals surface area (Å²) in [6.07, 6.45) is 0.331. The summed E-state index contributed by atoms with van der Waals surface area (Å²) in [5.74, 6) is -1.48. The smallest absolute Gasteiger partial charge is 0.276 e. The van der Waals surface area contributed by atoms with Crippen LogP contribution in [-0.4, -0.2) is 86.9 Å². The predicted octanol–water partition coefficient (Wildman–Crippen LogP) is 0.227. The third-order valence-corrected chi connectivity index (χ3v) is 6.56. The number of hydrogen-bond donors (Lipinski definition) is 1. The van der Waals surface area contributed by atoms with Gasteiger partial charge in [0.05, 0.1) is 18.4 Å². The van der Waals surface area contributed by atoms with E-state index in [-0.39, 0.29) is 62.3 Å². The molecular formula is C22H23FN6O5. The van der Waals surface area contributed by atoms with Gasteiger partial charge in [0.15, 0.2) is 5.69 Å². The fourth-order valence-electron chi connectivity index (χ4n) is 4.63. The molecule has 12 heteroatoms. The second-order valence-corrected chi connectivity index (χ2v) is 8.62. The van der Waals surface area contributed by atoms with E-state index in [0.717, 1.165) is 5.56 Å². The van der Waals surface area contributed by atoms with Gasteiger partial charge in [0, 0.05) is 32.2 Å². The van der Waals surface area contributed by atoms with Crippen molar-refractivity contribution in [3.63, 3.8) is 0 Å². The van der Waals surface area contributed by atoms with Gasteiger partial charge in [-0.3, -0.25) is 24.5 Å². The SMILES string of the molecule is CO[C@@H]1CN(C(=O)c2cn(-c3ccc4c(c3)C(=O)N(C3CCC(=O)NC3=O)C4)nn2)CC[C@H]1F. The Balaban J connectivity index is 1.32. The monoisotopic (exact) mass is 470 g/mol. The summed E-state index contributed by atoms with van der Waals surface area (Å²) < 4.78 is 20.4. The van der Waals surface area contributed by atoms with Crippen molar-refractivity contribution < 1.29 is 28.3 Å². The van der Waals surface area contributed by atoms with Crippen molar-refractivity contribution >= 4 is 23.6 Å². The Morgan fingerprint density at radius 1 is 1.24 bits per heavy atom. The highest BCUT2D eigenvalue weighted by Crippen LogP contribution is 2.29. The Hall–Kier alpha value is -3.67. The van der Waals surface area contributed by atoms with Gasteiger partial charge in [-0.15, -0.1) is 5.10 Å². The lowest BCUT2D eigenvalue weighted by Gasteiger charge is -2.33. The van der Waals surface area contributed by atoms with E-state index in [2.05, 4.69) is 15.6 Å². The van der Waals surface area contributed by atoms with Gasteiger partial charge in [0.2, 0.25) is 11.8 Å². The van der Waals surface area contributed by atoms with Crippen LogP contribution in [0.3, 0.4) is 0 Å². The topological polar surface area (TPSA) is 127 Å². The molecule has 4 heterocycles. The summed E-state index contributed by atoms with van der Waals surface area (Å²) in [4.78, 5) is 52.5. The number of amides is 4. The third kappa shape index (κ3) is 3.83. The first kappa shape index (κ1) is 22.1. The van der Waals surface area contributed by atoms with E-state index in [1.54, 1.807) is 18.2 Å². The number of ether oxygens (including phenoxy) is 1. The zero-order valence-electron chi connectivity index (χ0n) is 18.4. The predicted molar refractivity (Wildman–Crippen MR) is 114 cm³/mol. The van der Waals surface area contributed by atoms with E-state index in [1.807, 2.05) is 0 Å². The molecule has 1 N–H and O–H groups in total. The summed E-state index contributed by atoms with van der Waals surface area (Å²) in [6.45, 7) is 0.663. The Labute approximate surface area is 193 Å². The molecule has 3 atom stereocenters. The lowest BCUT2D eigenvalue weighted by Crippen LogP contribution is -2.52. The van der Waals surface area contributed by atoms with Crippen molar-refractivity contribution in [2.75, 3.05) is 20.2 Å². The number of imide groups is 1. The molecule has 1 unspecified atom stereocenters. The number of methoxy groups -OCH3 is 1. The van der Waals surface area contributed by atoms with Crippen LogP contribution in [0.25, 0.3) is 5.69 Å². The van der Waals surface area contributed by atoms with Crippen molar-refractivity contribution in [3.8, 4) is 5.69 Å². The molecule has 1 aromatic heterocycles. The van der Waals surface area contributed by atoms with Gasteiger partial charge in [-0.25, -0.2) is 9.07 Å². The number of aromatic nitrogens is 3. The van der Waals surface area contributed by atoms with E-state index >= 15 is 0 Å². The van der Waals surface area contributed by atoms with Gasteiger partial charge in [-0.05, 0) is 30.5 Å². The molecule has 178 valence electrons. The average Bonchev–Trinajstić information content (AvgIpc) is 3.44. The number of carbonyl (C=O) groups is 4. The summed E-state index contributed by atoms with van der Waals surface area (Å²) in [7, 11) is 1.41. The Morgan fingerprint density at radius 2 is 2.06 bits per heavy atom. The highest BCUT2D eigenvalue weighted by molar-refractivity contribution is 6.05. The molecule has 3 aliphatic rings. The van der Waals surface area contributed by atoms with Crippen molar-refractivity contribution in [1.29, 1.82) is 0 Å². The van der Waals surface area contributed by atoms with Crippen LogP contribution >= 0.6 is 0 Å². The summed E-state index contributed by atoms with van der Waals surface area (Å²) >= 11 is 0. The quantitative estimate of drug-likeness (QED) is 0.634. The Bertz CT molecular complexity index is 1180. The first-order valence-electron chi connectivity index (χ1n) is 11.0. The first-order valence-corrected chi connectivity index (χ1v) is 11.0. The fourth-order valence-corrected chi connectivity index (χ4v) is 4.63. The highest BCUT2D eigenvalue weighted by Gasteiger charge is 2.39. The largest absolute Gasteiger partial charge is 0.377 e. The molecule has 2 fully saturated rings. The van der Waals surface area contributed by atoms with Crippen LogP contribution in [0.5, 0.6) is 0 Å². The normalized spacial score (nSPS) is 24.9. The van der Waals surface area contributed by atoms with E-state index in [0.29, 0.717) is 11.3 Å². The van der Waals surface area contributed by atoms with Crippen molar-refractivity contribution in [3.05, 3.63) is 41.2 Å². The van der Waals surface area contributed by atoms with Gasteiger partial charge in [-0.1, -0.05) is 11.3 Å². The van der Waals surface area contributed by atoms with E-state index in [4.69, 9.17) is 4.74 Å².